The number of hydrogen-bond donors (Lipinski definition) is 2. The Bertz CT molecular complexity index is 152. The molecular formula is C7H14N2O2. The van der Waals surface area contributed by atoms with Crippen molar-refractivity contribution in [3.8, 4) is 0 Å². The van der Waals surface area contributed by atoms with E-state index in [2.05, 4.69) is 0 Å². The molecule has 0 atom stereocenters. The van der Waals surface area contributed by atoms with Crippen molar-refractivity contribution in [2.24, 2.45) is 11.5 Å². The topological polar surface area (TPSA) is 70.5 Å². The van der Waals surface area contributed by atoms with Gasteiger partial charge in [0.25, 0.3) is 0 Å². The lowest BCUT2D eigenvalue weighted by atomic mass is 10.4. The molecule has 64 valence electrons. The summed E-state index contributed by atoms with van der Waals surface area (Å²) in [6.07, 6.45) is 0.639. The van der Waals surface area contributed by atoms with Gasteiger partial charge in [-0.2, -0.15) is 0 Å². The Kier molecular flexibility index (Phi) is 2.73. The summed E-state index contributed by atoms with van der Waals surface area (Å²) in [5, 5.41) is 0. The lowest BCUT2D eigenvalue weighted by Crippen LogP contribution is -2.09. The Morgan fingerprint density at radius 3 is 1.91 bits per heavy atom. The zero-order chi connectivity index (χ0) is 8.27. The van der Waals surface area contributed by atoms with Gasteiger partial charge >= 0.3 is 0 Å². The van der Waals surface area contributed by atoms with E-state index in [1.165, 1.54) is 0 Å². The zero-order valence-corrected chi connectivity index (χ0v) is 6.67. The summed E-state index contributed by atoms with van der Waals surface area (Å²) in [7, 11) is 0. The molecule has 0 spiro atoms. The molecule has 0 unspecified atom stereocenters. The minimum atomic E-state index is -0.174. The molecule has 4 N–H and O–H groups in total. The van der Waals surface area contributed by atoms with Crippen molar-refractivity contribution in [2.45, 2.75) is 19.6 Å². The SMILES string of the molecule is CCC1OC(CN)=C(CN)O1. The molecule has 0 amide bonds. The molecule has 1 aliphatic heterocycles. The predicted molar refractivity (Wildman–Crippen MR) is 41.4 cm³/mol. The summed E-state index contributed by atoms with van der Waals surface area (Å²) >= 11 is 0. The average Bonchev–Trinajstić information content (AvgIpc) is 2.46. The highest BCUT2D eigenvalue weighted by atomic mass is 16.7. The highest BCUT2D eigenvalue weighted by Crippen LogP contribution is 2.21. The van der Waals surface area contributed by atoms with Crippen LogP contribution in [0.1, 0.15) is 13.3 Å². The molecule has 1 heterocycles. The van der Waals surface area contributed by atoms with E-state index in [1.54, 1.807) is 0 Å². The van der Waals surface area contributed by atoms with Crippen LogP contribution in [0.3, 0.4) is 0 Å². The molecule has 0 fully saturated rings. The standard InChI is InChI=1S/C7H14N2O2/c1-2-7-10-5(3-8)6(4-9)11-7/h7H,2-4,8-9H2,1H3. The summed E-state index contributed by atoms with van der Waals surface area (Å²) in [6.45, 7) is 2.71. The maximum Gasteiger partial charge on any atom is 0.240 e. The van der Waals surface area contributed by atoms with Gasteiger partial charge in [-0.1, -0.05) is 6.92 Å². The van der Waals surface area contributed by atoms with Crippen LogP contribution in [0.4, 0.5) is 0 Å². The van der Waals surface area contributed by atoms with Crippen molar-refractivity contribution < 1.29 is 9.47 Å². The van der Waals surface area contributed by atoms with E-state index in [0.717, 1.165) is 6.42 Å². The van der Waals surface area contributed by atoms with Crippen LogP contribution in [0, 0.1) is 0 Å². The first-order valence-electron chi connectivity index (χ1n) is 3.77. The minimum Gasteiger partial charge on any atom is -0.454 e. The van der Waals surface area contributed by atoms with Gasteiger partial charge in [0, 0.05) is 6.42 Å². The molecule has 0 aromatic heterocycles. The molecule has 11 heavy (non-hydrogen) atoms. The van der Waals surface area contributed by atoms with Crippen LogP contribution in [0.5, 0.6) is 0 Å². The quantitative estimate of drug-likeness (QED) is 0.601. The molecule has 1 rings (SSSR count). The first kappa shape index (κ1) is 8.36. The van der Waals surface area contributed by atoms with E-state index >= 15 is 0 Å². The lowest BCUT2D eigenvalue weighted by molar-refractivity contribution is -0.0409. The molecule has 0 radical (unpaired) electrons. The van der Waals surface area contributed by atoms with Gasteiger partial charge in [0.05, 0.1) is 13.1 Å². The van der Waals surface area contributed by atoms with Crippen molar-refractivity contribution in [1.29, 1.82) is 0 Å². The highest BCUT2D eigenvalue weighted by molar-refractivity contribution is 5.08. The molecular weight excluding hydrogens is 144 g/mol. The van der Waals surface area contributed by atoms with Crippen molar-refractivity contribution in [1.82, 2.24) is 0 Å². The van der Waals surface area contributed by atoms with Crippen LogP contribution >= 0.6 is 0 Å². The molecule has 0 bridgehead atoms. The molecule has 1 aliphatic rings. The van der Waals surface area contributed by atoms with E-state index in [0.29, 0.717) is 24.6 Å². The number of ether oxygens (including phenoxy) is 2. The summed E-state index contributed by atoms with van der Waals surface area (Å²) in [4.78, 5) is 0. The monoisotopic (exact) mass is 158 g/mol. The maximum absolute atomic E-state index is 5.40. The van der Waals surface area contributed by atoms with Gasteiger partial charge in [-0.15, -0.1) is 0 Å². The van der Waals surface area contributed by atoms with Gasteiger partial charge in [-0.05, 0) is 0 Å². The molecule has 0 aromatic carbocycles. The fraction of sp³-hybridized carbons (Fsp3) is 0.714. The molecule has 0 saturated carbocycles. The zero-order valence-electron chi connectivity index (χ0n) is 6.67. The van der Waals surface area contributed by atoms with Gasteiger partial charge in [-0.3, -0.25) is 0 Å². The van der Waals surface area contributed by atoms with E-state index in [4.69, 9.17) is 20.9 Å². The van der Waals surface area contributed by atoms with Gasteiger partial charge in [-0.25, -0.2) is 0 Å². The Morgan fingerprint density at radius 1 is 1.18 bits per heavy atom. The van der Waals surface area contributed by atoms with Crippen LogP contribution in [0.2, 0.25) is 0 Å². The molecule has 0 aliphatic carbocycles. The van der Waals surface area contributed by atoms with Gasteiger partial charge in [0.15, 0.2) is 11.5 Å². The third kappa shape index (κ3) is 1.64. The van der Waals surface area contributed by atoms with Crippen LogP contribution in [0.25, 0.3) is 0 Å². The van der Waals surface area contributed by atoms with Gasteiger partial charge in [0.1, 0.15) is 0 Å². The van der Waals surface area contributed by atoms with E-state index < -0.39 is 0 Å². The second kappa shape index (κ2) is 3.59. The smallest absolute Gasteiger partial charge is 0.240 e. The molecule has 0 saturated heterocycles. The van der Waals surface area contributed by atoms with Crippen molar-refractivity contribution in [2.75, 3.05) is 13.1 Å². The van der Waals surface area contributed by atoms with Gasteiger partial charge < -0.3 is 20.9 Å². The van der Waals surface area contributed by atoms with E-state index in [9.17, 15) is 0 Å². The summed E-state index contributed by atoms with van der Waals surface area (Å²) in [5.74, 6) is 1.39. The van der Waals surface area contributed by atoms with Crippen molar-refractivity contribution in [3.05, 3.63) is 11.5 Å². The van der Waals surface area contributed by atoms with Crippen LogP contribution in [0.15, 0.2) is 11.5 Å². The third-order valence-electron chi connectivity index (χ3n) is 1.56. The van der Waals surface area contributed by atoms with Crippen molar-refractivity contribution >= 4 is 0 Å². The van der Waals surface area contributed by atoms with Crippen LogP contribution < -0.4 is 11.5 Å². The third-order valence-corrected chi connectivity index (χ3v) is 1.56. The fourth-order valence-electron chi connectivity index (χ4n) is 0.963. The van der Waals surface area contributed by atoms with Gasteiger partial charge in [0.2, 0.25) is 6.29 Å². The van der Waals surface area contributed by atoms with Crippen molar-refractivity contribution in [3.63, 3.8) is 0 Å². The Balaban J connectivity index is 2.56. The first-order chi connectivity index (χ1) is 5.31. The Hall–Kier alpha value is -0.740. The van der Waals surface area contributed by atoms with Crippen LogP contribution in [-0.4, -0.2) is 19.4 Å². The van der Waals surface area contributed by atoms with E-state index in [1.807, 2.05) is 6.92 Å². The van der Waals surface area contributed by atoms with E-state index in [-0.39, 0.29) is 6.29 Å². The lowest BCUT2D eigenvalue weighted by Gasteiger charge is -2.07. The number of nitrogens with two attached hydrogens (primary N) is 2. The predicted octanol–water partition coefficient (Wildman–Crippen LogP) is -0.102. The molecule has 4 heteroatoms. The molecule has 4 nitrogen and oxygen atoms in total. The first-order valence-corrected chi connectivity index (χ1v) is 3.77. The number of rotatable bonds is 3. The normalized spacial score (nSPS) is 18.5. The second-order valence-electron chi connectivity index (χ2n) is 2.33. The van der Waals surface area contributed by atoms with Crippen LogP contribution in [-0.2, 0) is 9.47 Å². The highest BCUT2D eigenvalue weighted by Gasteiger charge is 2.23. The molecule has 0 aromatic rings. The Morgan fingerprint density at radius 2 is 1.64 bits per heavy atom. The number of hydrogen-bond acceptors (Lipinski definition) is 4. The Labute approximate surface area is 66.1 Å². The average molecular weight is 158 g/mol. The summed E-state index contributed by atoms with van der Waals surface area (Å²) < 4.78 is 10.6. The minimum absolute atomic E-state index is 0.174. The largest absolute Gasteiger partial charge is 0.454 e. The maximum atomic E-state index is 5.40. The second-order valence-corrected chi connectivity index (χ2v) is 2.33. The summed E-state index contributed by atoms with van der Waals surface area (Å²) in [6, 6.07) is 0. The summed E-state index contributed by atoms with van der Waals surface area (Å²) in [5.41, 5.74) is 10.8. The fourth-order valence-corrected chi connectivity index (χ4v) is 0.963.